The average Bonchev–Trinajstić information content (AvgIpc) is 3.61. The van der Waals surface area contributed by atoms with Crippen LogP contribution in [0.4, 0.5) is 34.4 Å². The summed E-state index contributed by atoms with van der Waals surface area (Å²) in [5.74, 6) is 1.73. The molecule has 0 bridgehead atoms. The van der Waals surface area contributed by atoms with Crippen LogP contribution in [0.3, 0.4) is 0 Å². The Bertz CT molecular complexity index is 3100. The zero-order valence-corrected chi connectivity index (χ0v) is 38.8. The van der Waals surface area contributed by atoms with Gasteiger partial charge in [-0.1, -0.05) is 169 Å². The molecule has 4 nitrogen and oxygen atoms in total. The molecule has 7 aromatic carbocycles. The van der Waals surface area contributed by atoms with Crippen LogP contribution in [0.15, 0.2) is 194 Å². The highest BCUT2D eigenvalue weighted by Gasteiger charge is 2.48. The van der Waals surface area contributed by atoms with E-state index in [4.69, 9.17) is 9.97 Å². The second kappa shape index (κ2) is 16.0. The molecule has 0 unspecified atom stereocenters. The van der Waals surface area contributed by atoms with Crippen LogP contribution in [0.5, 0.6) is 0 Å². The van der Waals surface area contributed by atoms with Gasteiger partial charge in [-0.2, -0.15) is 0 Å². The Morgan fingerprint density at radius 2 is 0.877 bits per heavy atom. The molecule has 1 aliphatic rings. The van der Waals surface area contributed by atoms with Crippen LogP contribution in [0, 0.1) is 13.8 Å². The summed E-state index contributed by atoms with van der Waals surface area (Å²) in [6.07, 6.45) is 3.94. The van der Waals surface area contributed by atoms with E-state index in [-0.39, 0.29) is 10.8 Å². The Kier molecular flexibility index (Phi) is 10.3. The first-order chi connectivity index (χ1) is 31.3. The number of benzene rings is 7. The van der Waals surface area contributed by atoms with Crippen molar-refractivity contribution in [3.63, 3.8) is 0 Å². The van der Waals surface area contributed by atoms with Crippen molar-refractivity contribution in [2.24, 2.45) is 0 Å². The summed E-state index contributed by atoms with van der Waals surface area (Å²) in [5, 5.41) is 2.35. The van der Waals surface area contributed by atoms with E-state index in [1.54, 1.807) is 0 Å². The molecule has 10 rings (SSSR count). The zero-order chi connectivity index (χ0) is 45.1. The standard InChI is InChI=1S/C61H56N4/c1-41-23-35-56(62-39-41)64(47-29-25-43(26-30-47)59(3,4)5)49-33-34-52-53(37-49)61(45-17-11-9-12-18-45,46-19-13-10-14-20-46)54-38-55(50-21-15-16-22-51(50)58(52)54)65(57-36-24-42(2)40-63-57)48-31-27-44(28-32-48)60(6,7)8/h9-40H,1-8H3. The lowest BCUT2D eigenvalue weighted by Gasteiger charge is -2.36. The Labute approximate surface area is 384 Å². The monoisotopic (exact) mass is 844 g/mol. The first-order valence-electron chi connectivity index (χ1n) is 22.8. The fourth-order valence-corrected chi connectivity index (χ4v) is 9.85. The summed E-state index contributed by atoms with van der Waals surface area (Å²) in [5.41, 5.74) is 15.7. The van der Waals surface area contributed by atoms with E-state index < -0.39 is 5.41 Å². The summed E-state index contributed by atoms with van der Waals surface area (Å²) < 4.78 is 0. The number of hydrogen-bond donors (Lipinski definition) is 0. The molecule has 0 fully saturated rings. The third-order valence-electron chi connectivity index (χ3n) is 13.2. The molecule has 65 heavy (non-hydrogen) atoms. The highest BCUT2D eigenvalue weighted by atomic mass is 15.2. The number of aryl methyl sites for hydroxylation is 2. The van der Waals surface area contributed by atoms with E-state index in [1.165, 1.54) is 49.9 Å². The third kappa shape index (κ3) is 7.28. The van der Waals surface area contributed by atoms with Gasteiger partial charge in [-0.25, -0.2) is 9.97 Å². The molecule has 4 heteroatoms. The lowest BCUT2D eigenvalue weighted by molar-refractivity contribution is 0.590. The minimum absolute atomic E-state index is 0.0162. The highest BCUT2D eigenvalue weighted by molar-refractivity contribution is 6.11. The quantitative estimate of drug-likeness (QED) is 0.153. The highest BCUT2D eigenvalue weighted by Crippen LogP contribution is 2.60. The van der Waals surface area contributed by atoms with Crippen LogP contribution in [0.1, 0.15) is 86.1 Å². The van der Waals surface area contributed by atoms with Crippen molar-refractivity contribution in [2.45, 2.75) is 71.6 Å². The van der Waals surface area contributed by atoms with Gasteiger partial charge in [0.05, 0.1) is 11.1 Å². The van der Waals surface area contributed by atoms with E-state index in [0.29, 0.717) is 0 Å². The van der Waals surface area contributed by atoms with Gasteiger partial charge in [-0.15, -0.1) is 0 Å². The van der Waals surface area contributed by atoms with Crippen molar-refractivity contribution in [2.75, 3.05) is 9.80 Å². The molecule has 0 saturated heterocycles. The van der Waals surface area contributed by atoms with E-state index in [9.17, 15) is 0 Å². The summed E-state index contributed by atoms with van der Waals surface area (Å²) in [4.78, 5) is 14.8. The first kappa shape index (κ1) is 41.7. The molecule has 0 amide bonds. The number of fused-ring (bicyclic) bond motifs is 5. The topological polar surface area (TPSA) is 32.3 Å². The summed E-state index contributed by atoms with van der Waals surface area (Å²) in [6.45, 7) is 17.8. The molecule has 0 saturated carbocycles. The van der Waals surface area contributed by atoms with Gasteiger partial charge in [-0.05, 0) is 140 Å². The van der Waals surface area contributed by atoms with Gasteiger partial charge in [0, 0.05) is 34.8 Å². The first-order valence-corrected chi connectivity index (χ1v) is 22.8. The number of hydrogen-bond acceptors (Lipinski definition) is 4. The van der Waals surface area contributed by atoms with Crippen molar-refractivity contribution < 1.29 is 0 Å². The van der Waals surface area contributed by atoms with Crippen LogP contribution in [-0.2, 0) is 16.2 Å². The van der Waals surface area contributed by atoms with Crippen LogP contribution in [0.25, 0.3) is 21.9 Å². The molecule has 2 aromatic heterocycles. The van der Waals surface area contributed by atoms with Crippen molar-refractivity contribution in [1.29, 1.82) is 0 Å². The van der Waals surface area contributed by atoms with Gasteiger partial charge in [0.1, 0.15) is 11.6 Å². The van der Waals surface area contributed by atoms with Crippen molar-refractivity contribution in [3.05, 3.63) is 239 Å². The van der Waals surface area contributed by atoms with E-state index in [0.717, 1.165) is 50.9 Å². The number of nitrogens with zero attached hydrogens (tertiary/aromatic N) is 4. The largest absolute Gasteiger partial charge is 0.295 e. The Morgan fingerprint density at radius 1 is 0.415 bits per heavy atom. The summed E-state index contributed by atoms with van der Waals surface area (Å²) in [6, 6.07) is 67.4. The van der Waals surface area contributed by atoms with Crippen molar-refractivity contribution in [3.8, 4) is 11.1 Å². The number of pyridine rings is 2. The molecule has 0 spiro atoms. The summed E-state index contributed by atoms with van der Waals surface area (Å²) in [7, 11) is 0. The predicted molar refractivity (Wildman–Crippen MR) is 273 cm³/mol. The fourth-order valence-electron chi connectivity index (χ4n) is 9.85. The lowest BCUT2D eigenvalue weighted by atomic mass is 9.67. The van der Waals surface area contributed by atoms with Crippen LogP contribution < -0.4 is 9.80 Å². The van der Waals surface area contributed by atoms with Gasteiger partial charge in [0.2, 0.25) is 0 Å². The van der Waals surface area contributed by atoms with E-state index >= 15 is 0 Å². The smallest absolute Gasteiger partial charge is 0.137 e. The average molecular weight is 845 g/mol. The second-order valence-electron chi connectivity index (χ2n) is 19.7. The van der Waals surface area contributed by atoms with Gasteiger partial charge in [-0.3, -0.25) is 9.80 Å². The molecule has 2 heterocycles. The molecule has 9 aromatic rings. The zero-order valence-electron chi connectivity index (χ0n) is 38.8. The normalized spacial score (nSPS) is 13.0. The van der Waals surface area contributed by atoms with Crippen molar-refractivity contribution >= 4 is 45.2 Å². The molecule has 320 valence electrons. The molecule has 0 radical (unpaired) electrons. The van der Waals surface area contributed by atoms with Crippen LogP contribution in [0.2, 0.25) is 0 Å². The van der Waals surface area contributed by atoms with Gasteiger partial charge >= 0.3 is 0 Å². The molecular formula is C61H56N4. The molecule has 0 atom stereocenters. The summed E-state index contributed by atoms with van der Waals surface area (Å²) >= 11 is 0. The van der Waals surface area contributed by atoms with Crippen molar-refractivity contribution in [1.82, 2.24) is 9.97 Å². The molecule has 1 aliphatic carbocycles. The fraction of sp³-hybridized carbons (Fsp3) is 0.180. The lowest BCUT2D eigenvalue weighted by Crippen LogP contribution is -2.29. The van der Waals surface area contributed by atoms with E-state index in [2.05, 4.69) is 247 Å². The van der Waals surface area contributed by atoms with Gasteiger partial charge in [0.15, 0.2) is 0 Å². The Morgan fingerprint density at radius 3 is 1.37 bits per heavy atom. The predicted octanol–water partition coefficient (Wildman–Crippen LogP) is 16.1. The Hall–Kier alpha value is -7.30. The third-order valence-corrected chi connectivity index (χ3v) is 13.2. The minimum Gasteiger partial charge on any atom is -0.295 e. The SMILES string of the molecule is Cc1ccc(N(c2ccc(C(C)(C)C)cc2)c2ccc3c(c2)C(c2ccccc2)(c2ccccc2)c2cc(N(c4ccc(C(C)(C)C)cc4)c4ccc(C)cn4)c4ccccc4c2-3)nc1. The maximum atomic E-state index is 5.12. The maximum Gasteiger partial charge on any atom is 0.137 e. The number of aromatic nitrogens is 2. The van der Waals surface area contributed by atoms with E-state index in [1.807, 2.05) is 12.4 Å². The molecule has 0 N–H and O–H groups in total. The maximum absolute atomic E-state index is 5.12. The van der Waals surface area contributed by atoms with Crippen LogP contribution >= 0.6 is 0 Å². The molecular weight excluding hydrogens is 789 g/mol. The Balaban J connectivity index is 1.29. The van der Waals surface area contributed by atoms with Crippen LogP contribution in [-0.4, -0.2) is 9.97 Å². The second-order valence-corrected chi connectivity index (χ2v) is 19.7. The van der Waals surface area contributed by atoms with Gasteiger partial charge < -0.3 is 0 Å². The minimum atomic E-state index is -0.701. The number of anilines is 6. The van der Waals surface area contributed by atoms with Gasteiger partial charge in [0.25, 0.3) is 0 Å². The number of rotatable bonds is 8. The molecule has 0 aliphatic heterocycles.